The number of para-hydroxylation sites is 3. The summed E-state index contributed by atoms with van der Waals surface area (Å²) in [6.45, 7) is 0. The Morgan fingerprint density at radius 1 is 0.286 bits per heavy atom. The highest BCUT2D eigenvalue weighted by atomic mass is 15.0. The molecular weight excluding hydrogens is 683 g/mol. The lowest BCUT2D eigenvalue weighted by Gasteiger charge is -2.12. The molecule has 0 radical (unpaired) electrons. The van der Waals surface area contributed by atoms with Gasteiger partial charge in [0.25, 0.3) is 0 Å². The molecule has 0 atom stereocenters. The second kappa shape index (κ2) is 13.0. The molecule has 0 saturated heterocycles. The van der Waals surface area contributed by atoms with Crippen LogP contribution in [0.3, 0.4) is 0 Å². The third kappa shape index (κ3) is 5.29. The molecular formula is C51H33N5. The molecule has 0 spiro atoms. The first kappa shape index (κ1) is 13.0. The number of rotatable bonds is 6. The minimum atomic E-state index is -1.17. The van der Waals surface area contributed by atoms with Crippen LogP contribution in [0.1, 0.15) is 45.2 Å². The maximum absolute atomic E-state index is 9.93. The van der Waals surface area contributed by atoms with Crippen LogP contribution in [0.2, 0.25) is 0 Å². The maximum Gasteiger partial charge on any atom is 0.164 e. The molecule has 5 nitrogen and oxygen atoms in total. The Kier molecular flexibility index (Phi) is 3.03. The summed E-state index contributed by atoms with van der Waals surface area (Å²) in [5.74, 6) is -2.90. The summed E-state index contributed by atoms with van der Waals surface area (Å²) < 4.78 is 296. The van der Waals surface area contributed by atoms with E-state index in [1.54, 1.807) is 0 Å². The highest BCUT2D eigenvalue weighted by Gasteiger charge is 2.18. The van der Waals surface area contributed by atoms with E-state index >= 15 is 0 Å². The lowest BCUT2D eigenvalue weighted by atomic mass is 10.0. The van der Waals surface area contributed by atoms with Crippen LogP contribution in [0, 0.1) is 0 Å². The van der Waals surface area contributed by atoms with Crippen LogP contribution in [0.25, 0.3) is 100 Å². The fraction of sp³-hybridized carbons (Fsp3) is 0. The zero-order chi connectivity index (χ0) is 65.7. The van der Waals surface area contributed by atoms with Crippen molar-refractivity contribution in [3.63, 3.8) is 0 Å². The van der Waals surface area contributed by atoms with E-state index in [1.165, 1.54) is 0 Å². The molecule has 11 aromatic rings. The number of fused-ring (bicyclic) bond motifs is 6. The minimum Gasteiger partial charge on any atom is -0.309 e. The molecule has 0 bridgehead atoms. The van der Waals surface area contributed by atoms with Crippen molar-refractivity contribution in [2.45, 2.75) is 0 Å². The minimum absolute atomic E-state index is 0.493. The van der Waals surface area contributed by atoms with E-state index in [4.69, 9.17) is 31.5 Å². The molecule has 0 amide bonds. The van der Waals surface area contributed by atoms with Gasteiger partial charge in [0.05, 0.1) is 67.3 Å². The van der Waals surface area contributed by atoms with Gasteiger partial charge in [0, 0.05) is 49.6 Å². The van der Waals surface area contributed by atoms with Crippen LogP contribution in [0.15, 0.2) is 199 Å². The molecule has 262 valence electrons. The monoisotopic (exact) mass is 748 g/mol. The van der Waals surface area contributed by atoms with Gasteiger partial charge in [0.2, 0.25) is 0 Å². The van der Waals surface area contributed by atoms with Crippen LogP contribution in [-0.2, 0) is 0 Å². The van der Waals surface area contributed by atoms with Gasteiger partial charge in [-0.25, -0.2) is 15.0 Å². The van der Waals surface area contributed by atoms with E-state index in [-0.39, 0.29) is 0 Å². The second-order valence-electron chi connectivity index (χ2n) is 11.6. The van der Waals surface area contributed by atoms with Crippen molar-refractivity contribution < 1.29 is 45.2 Å². The summed E-state index contributed by atoms with van der Waals surface area (Å²) in [7, 11) is 0. The molecule has 0 aliphatic carbocycles. The second-order valence-corrected chi connectivity index (χ2v) is 11.6. The highest BCUT2D eigenvalue weighted by Crippen LogP contribution is 2.37. The smallest absolute Gasteiger partial charge is 0.164 e. The quantitative estimate of drug-likeness (QED) is 0.170. The van der Waals surface area contributed by atoms with Gasteiger partial charge in [-0.3, -0.25) is 0 Å². The lowest BCUT2D eigenvalue weighted by Crippen LogP contribution is -2.00. The predicted octanol–water partition coefficient (Wildman–Crippen LogP) is 12.7. The van der Waals surface area contributed by atoms with E-state index in [1.807, 2.05) is 0 Å². The average Bonchev–Trinajstić information content (AvgIpc) is 1.55. The van der Waals surface area contributed by atoms with E-state index in [0.717, 1.165) is 4.57 Å². The molecule has 56 heavy (non-hydrogen) atoms. The van der Waals surface area contributed by atoms with Gasteiger partial charge in [-0.1, -0.05) is 133 Å². The molecule has 3 aromatic heterocycles. The molecule has 0 aliphatic rings. The van der Waals surface area contributed by atoms with E-state index in [2.05, 4.69) is 15.0 Å². The first-order valence-electron chi connectivity index (χ1n) is 32.7. The number of aromatic nitrogens is 5. The van der Waals surface area contributed by atoms with Gasteiger partial charge in [-0.15, -0.1) is 0 Å². The summed E-state index contributed by atoms with van der Waals surface area (Å²) >= 11 is 0. The Morgan fingerprint density at radius 2 is 0.696 bits per heavy atom. The van der Waals surface area contributed by atoms with Crippen LogP contribution >= 0.6 is 0 Å². The third-order valence-electron chi connectivity index (χ3n) is 8.42. The normalized spacial score (nSPS) is 19.8. The molecule has 8 aromatic carbocycles. The Morgan fingerprint density at radius 3 is 1.30 bits per heavy atom. The Bertz CT molecular complexity index is 5020. The Balaban J connectivity index is 1.27. The van der Waals surface area contributed by atoms with E-state index in [9.17, 15) is 13.7 Å². The third-order valence-corrected chi connectivity index (χ3v) is 8.42. The van der Waals surface area contributed by atoms with E-state index < -0.39 is 300 Å². The zero-order valence-electron chi connectivity index (χ0n) is 60.7. The van der Waals surface area contributed by atoms with Crippen molar-refractivity contribution in [2.75, 3.05) is 0 Å². The topological polar surface area (TPSA) is 48.5 Å². The molecule has 11 rings (SSSR count). The summed E-state index contributed by atoms with van der Waals surface area (Å²) in [5.41, 5.74) is -8.75. The molecule has 0 saturated carbocycles. The Hall–Kier alpha value is -7.63. The van der Waals surface area contributed by atoms with Crippen LogP contribution in [0.4, 0.5) is 0 Å². The average molecular weight is 749 g/mol. The van der Waals surface area contributed by atoms with Crippen molar-refractivity contribution >= 4 is 43.6 Å². The van der Waals surface area contributed by atoms with Crippen LogP contribution in [-0.4, -0.2) is 24.1 Å². The fourth-order valence-electron chi connectivity index (χ4n) is 6.04. The van der Waals surface area contributed by atoms with Gasteiger partial charge in [0.1, 0.15) is 0 Å². The largest absolute Gasteiger partial charge is 0.309 e. The first-order chi connectivity index (χ1) is 41.5. The van der Waals surface area contributed by atoms with Crippen LogP contribution in [0.5, 0.6) is 0 Å². The summed E-state index contributed by atoms with van der Waals surface area (Å²) in [5, 5.41) is -2.33. The van der Waals surface area contributed by atoms with Gasteiger partial charge in [-0.05, 0) is 77.6 Å². The van der Waals surface area contributed by atoms with Gasteiger partial charge in [0.15, 0.2) is 17.5 Å². The summed E-state index contributed by atoms with van der Waals surface area (Å²) in [6.07, 6.45) is 0. The van der Waals surface area contributed by atoms with Crippen molar-refractivity contribution in [3.05, 3.63) is 199 Å². The summed E-state index contributed by atoms with van der Waals surface area (Å²) in [6, 6.07) is -32.0. The first-order valence-corrected chi connectivity index (χ1v) is 16.2. The molecule has 0 aliphatic heterocycles. The molecule has 0 unspecified atom stereocenters. The van der Waals surface area contributed by atoms with Gasteiger partial charge < -0.3 is 9.13 Å². The van der Waals surface area contributed by atoms with E-state index in [0.29, 0.717) is 4.57 Å². The Labute approximate surface area is 369 Å². The number of nitrogens with zero attached hydrogens (tertiary/aromatic N) is 5. The van der Waals surface area contributed by atoms with Crippen molar-refractivity contribution in [1.29, 1.82) is 0 Å². The lowest BCUT2D eigenvalue weighted by molar-refractivity contribution is 1.07. The number of hydrogen-bond acceptors (Lipinski definition) is 3. The van der Waals surface area contributed by atoms with Gasteiger partial charge >= 0.3 is 0 Å². The highest BCUT2D eigenvalue weighted by molar-refractivity contribution is 6.12. The van der Waals surface area contributed by atoms with Crippen molar-refractivity contribution in [2.24, 2.45) is 0 Å². The molecule has 3 heterocycles. The number of hydrogen-bond donors (Lipinski definition) is 0. The zero-order valence-corrected chi connectivity index (χ0v) is 27.7. The van der Waals surface area contributed by atoms with Crippen molar-refractivity contribution in [3.8, 4) is 56.7 Å². The molecule has 5 heteroatoms. The van der Waals surface area contributed by atoms with Gasteiger partial charge in [-0.2, -0.15) is 0 Å². The van der Waals surface area contributed by atoms with Crippen molar-refractivity contribution in [1.82, 2.24) is 24.1 Å². The predicted molar refractivity (Wildman–Crippen MR) is 230 cm³/mol. The summed E-state index contributed by atoms with van der Waals surface area (Å²) in [4.78, 5) is 12.8. The SMILES string of the molecule is [2H]c1c([2H])c([2H])c(-c2nc(-c3c([2H])c([2H])c(-n4c5c([2H])c([2H])c([2H])c([2H])c5c5c([2H])c(-n6c7c([2H])c([2H])c([2H])c([2H])c7c7c([2H])c([2H])c([2H])c([2H])c76)c([2H])c([2H])c54)c([2H])c3[2H])nc(-c3c([2H])c([2H])c([2H])c(-c4c([2H])c([2H])c([2H])c([2H])c4[2H])c3[2H])n2)c([2H])c1[2H]. The standard InChI is InChI=1S/C51H33N5/c1-3-14-34(15-4-1)37-18-13-19-38(32-37)51-53-49(35-16-5-2-6-17-35)52-50(54-51)36-26-28-39(29-27-36)55-47-25-12-9-22-43(47)44-33-40(30-31-48(44)55)56-45-23-10-7-20-41(45)42-21-8-11-24-46(42)56/h1-33H/i1D,2D,3D,4D,5D,6D,7D,8D,9D,10D,11D,12D,13D,14D,15D,16D,17D,18D,19D,20D,21D,22D,23D,24D,25D,26D,27D,28D,29D,30D,31D,32D,33D. The fourth-order valence-corrected chi connectivity index (χ4v) is 6.04. The molecule has 0 N–H and O–H groups in total. The number of benzene rings is 8. The van der Waals surface area contributed by atoms with Crippen LogP contribution < -0.4 is 0 Å². The molecule has 0 fully saturated rings. The maximum atomic E-state index is 9.93.